The maximum Gasteiger partial charge on any atom is 0.120 e. The number of likely N-dealkylation sites (tertiary alicyclic amines) is 1. The second kappa shape index (κ2) is 7.09. The van der Waals surface area contributed by atoms with E-state index in [1.165, 1.54) is 5.39 Å². The van der Waals surface area contributed by atoms with Crippen LogP contribution in [0.5, 0.6) is 5.75 Å². The Labute approximate surface area is 130 Å². The van der Waals surface area contributed by atoms with Crippen molar-refractivity contribution in [3.63, 3.8) is 0 Å². The van der Waals surface area contributed by atoms with Crippen molar-refractivity contribution in [2.24, 2.45) is 0 Å². The van der Waals surface area contributed by atoms with Crippen molar-refractivity contribution in [2.45, 2.75) is 25.0 Å². The average molecular weight is 301 g/mol. The molecule has 1 fully saturated rings. The number of piperidine rings is 1. The highest BCUT2D eigenvalue weighted by Gasteiger charge is 2.20. The molecule has 0 radical (unpaired) electrons. The zero-order chi connectivity index (χ0) is 15.4. The molecule has 1 aliphatic rings. The van der Waals surface area contributed by atoms with Crippen molar-refractivity contribution < 1.29 is 14.9 Å². The fourth-order valence-corrected chi connectivity index (χ4v) is 3.00. The van der Waals surface area contributed by atoms with Gasteiger partial charge in [0.15, 0.2) is 0 Å². The number of aliphatic hydroxyl groups excluding tert-OH is 2. The van der Waals surface area contributed by atoms with Crippen molar-refractivity contribution >= 4 is 10.8 Å². The third-order valence-electron chi connectivity index (χ3n) is 4.11. The topological polar surface area (TPSA) is 52.9 Å². The quantitative estimate of drug-likeness (QED) is 0.887. The van der Waals surface area contributed by atoms with Crippen molar-refractivity contribution in [1.29, 1.82) is 0 Å². The third-order valence-corrected chi connectivity index (χ3v) is 4.11. The first-order chi connectivity index (χ1) is 10.7. The highest BCUT2D eigenvalue weighted by Crippen LogP contribution is 2.20. The summed E-state index contributed by atoms with van der Waals surface area (Å²) in [5.41, 5.74) is 0. The van der Waals surface area contributed by atoms with Crippen LogP contribution in [0, 0.1) is 0 Å². The first-order valence-corrected chi connectivity index (χ1v) is 7.91. The Balaban J connectivity index is 1.52. The first kappa shape index (κ1) is 15.3. The van der Waals surface area contributed by atoms with Crippen LogP contribution < -0.4 is 4.74 Å². The molecule has 2 aromatic carbocycles. The lowest BCUT2D eigenvalue weighted by Gasteiger charge is -2.31. The van der Waals surface area contributed by atoms with Gasteiger partial charge in [0.05, 0.1) is 6.10 Å². The minimum Gasteiger partial charge on any atom is -0.491 e. The van der Waals surface area contributed by atoms with E-state index in [9.17, 15) is 10.2 Å². The summed E-state index contributed by atoms with van der Waals surface area (Å²) in [5.74, 6) is 0.774. The van der Waals surface area contributed by atoms with Gasteiger partial charge in [0.25, 0.3) is 0 Å². The van der Waals surface area contributed by atoms with Crippen LogP contribution >= 0.6 is 0 Å². The SMILES string of the molecule is O[C@H](COc1ccc2ccccc2c1)CN1CCC[C@H](O)C1. The summed E-state index contributed by atoms with van der Waals surface area (Å²) in [6.07, 6.45) is 1.04. The van der Waals surface area contributed by atoms with E-state index in [2.05, 4.69) is 11.0 Å². The number of nitrogens with zero attached hydrogens (tertiary/aromatic N) is 1. The molecule has 118 valence electrons. The molecule has 0 amide bonds. The van der Waals surface area contributed by atoms with Crippen LogP contribution in [-0.2, 0) is 0 Å². The number of fused-ring (bicyclic) bond motifs is 1. The Morgan fingerprint density at radius 1 is 1.18 bits per heavy atom. The Morgan fingerprint density at radius 3 is 2.82 bits per heavy atom. The molecule has 4 heteroatoms. The Bertz CT molecular complexity index is 616. The van der Waals surface area contributed by atoms with Gasteiger partial charge in [-0.3, -0.25) is 4.90 Å². The van der Waals surface area contributed by atoms with Crippen LogP contribution in [0.15, 0.2) is 42.5 Å². The summed E-state index contributed by atoms with van der Waals surface area (Å²) in [4.78, 5) is 2.10. The maximum atomic E-state index is 10.1. The monoisotopic (exact) mass is 301 g/mol. The molecule has 1 aliphatic heterocycles. The first-order valence-electron chi connectivity index (χ1n) is 7.91. The van der Waals surface area contributed by atoms with Crippen molar-refractivity contribution in [1.82, 2.24) is 4.90 Å². The van der Waals surface area contributed by atoms with Crippen molar-refractivity contribution in [3.05, 3.63) is 42.5 Å². The molecular formula is C18H23NO3. The van der Waals surface area contributed by atoms with Crippen LogP contribution in [0.1, 0.15) is 12.8 Å². The van der Waals surface area contributed by atoms with Crippen LogP contribution in [-0.4, -0.2) is 53.6 Å². The molecule has 2 atom stereocenters. The fourth-order valence-electron chi connectivity index (χ4n) is 3.00. The molecule has 1 saturated heterocycles. The largest absolute Gasteiger partial charge is 0.491 e. The van der Waals surface area contributed by atoms with Crippen molar-refractivity contribution in [3.8, 4) is 5.75 Å². The van der Waals surface area contributed by atoms with Gasteiger partial charge in [0.2, 0.25) is 0 Å². The molecule has 0 bridgehead atoms. The van der Waals surface area contributed by atoms with Gasteiger partial charge in [-0.05, 0) is 42.3 Å². The van der Waals surface area contributed by atoms with E-state index in [1.54, 1.807) is 0 Å². The van der Waals surface area contributed by atoms with Gasteiger partial charge >= 0.3 is 0 Å². The van der Waals surface area contributed by atoms with Gasteiger partial charge in [0.1, 0.15) is 18.5 Å². The number of aliphatic hydroxyl groups is 2. The van der Waals surface area contributed by atoms with E-state index in [4.69, 9.17) is 4.74 Å². The molecule has 0 spiro atoms. The van der Waals surface area contributed by atoms with E-state index in [0.29, 0.717) is 13.1 Å². The zero-order valence-electron chi connectivity index (χ0n) is 12.7. The lowest BCUT2D eigenvalue weighted by molar-refractivity contribution is 0.0243. The Kier molecular flexibility index (Phi) is 4.93. The molecule has 0 unspecified atom stereocenters. The van der Waals surface area contributed by atoms with E-state index in [-0.39, 0.29) is 12.7 Å². The minimum atomic E-state index is -0.545. The zero-order valence-corrected chi connectivity index (χ0v) is 12.7. The number of rotatable bonds is 5. The highest BCUT2D eigenvalue weighted by atomic mass is 16.5. The molecule has 22 heavy (non-hydrogen) atoms. The summed E-state index contributed by atoms with van der Waals surface area (Å²) in [7, 11) is 0. The predicted octanol–water partition coefficient (Wildman–Crippen LogP) is 2.04. The summed E-state index contributed by atoms with van der Waals surface area (Å²) in [6.45, 7) is 2.40. The van der Waals surface area contributed by atoms with Gasteiger partial charge < -0.3 is 14.9 Å². The Morgan fingerprint density at radius 2 is 2.00 bits per heavy atom. The lowest BCUT2D eigenvalue weighted by atomic mass is 10.1. The molecule has 1 heterocycles. The van der Waals surface area contributed by atoms with Crippen LogP contribution in [0.4, 0.5) is 0 Å². The maximum absolute atomic E-state index is 10.1. The van der Waals surface area contributed by atoms with Gasteiger partial charge in [-0.25, -0.2) is 0 Å². The standard InChI is InChI=1S/C18H23NO3/c20-16-6-3-9-19(11-16)12-17(21)13-22-18-8-7-14-4-1-2-5-15(14)10-18/h1-2,4-5,7-8,10,16-17,20-21H,3,6,9,11-13H2/t16-,17-/m0/s1. The van der Waals surface area contributed by atoms with E-state index in [1.807, 2.05) is 36.4 Å². The minimum absolute atomic E-state index is 0.262. The number of benzene rings is 2. The fraction of sp³-hybridized carbons (Fsp3) is 0.444. The van der Waals surface area contributed by atoms with Crippen LogP contribution in [0.25, 0.3) is 10.8 Å². The van der Waals surface area contributed by atoms with Gasteiger partial charge in [-0.1, -0.05) is 30.3 Å². The van der Waals surface area contributed by atoms with E-state index >= 15 is 0 Å². The molecule has 4 nitrogen and oxygen atoms in total. The van der Waals surface area contributed by atoms with Gasteiger partial charge in [-0.2, -0.15) is 0 Å². The Hall–Kier alpha value is -1.62. The smallest absolute Gasteiger partial charge is 0.120 e. The van der Waals surface area contributed by atoms with Gasteiger partial charge in [-0.15, -0.1) is 0 Å². The summed E-state index contributed by atoms with van der Waals surface area (Å²) in [5, 5.41) is 22.1. The molecule has 0 aromatic heterocycles. The molecule has 0 aliphatic carbocycles. The number of hydrogen-bond donors (Lipinski definition) is 2. The second-order valence-electron chi connectivity index (χ2n) is 6.03. The molecule has 3 rings (SSSR count). The van der Waals surface area contributed by atoms with E-state index < -0.39 is 6.10 Å². The average Bonchev–Trinajstić information content (AvgIpc) is 2.53. The predicted molar refractivity (Wildman–Crippen MR) is 87.1 cm³/mol. The molecule has 0 saturated carbocycles. The number of ether oxygens (including phenoxy) is 1. The second-order valence-corrected chi connectivity index (χ2v) is 6.03. The van der Waals surface area contributed by atoms with Gasteiger partial charge in [0, 0.05) is 13.1 Å². The molecule has 2 N–H and O–H groups in total. The summed E-state index contributed by atoms with van der Waals surface area (Å²) >= 11 is 0. The third kappa shape index (κ3) is 3.97. The molecule has 2 aromatic rings. The highest BCUT2D eigenvalue weighted by molar-refractivity contribution is 5.83. The normalized spacial score (nSPS) is 20.9. The lowest BCUT2D eigenvalue weighted by Crippen LogP contribution is -2.43. The molecular weight excluding hydrogens is 278 g/mol. The van der Waals surface area contributed by atoms with Crippen LogP contribution in [0.3, 0.4) is 0 Å². The van der Waals surface area contributed by atoms with E-state index in [0.717, 1.165) is 30.5 Å². The summed E-state index contributed by atoms with van der Waals surface area (Å²) < 4.78 is 5.71. The number of hydrogen-bond acceptors (Lipinski definition) is 4. The van der Waals surface area contributed by atoms with Crippen LogP contribution in [0.2, 0.25) is 0 Å². The summed E-state index contributed by atoms with van der Waals surface area (Å²) in [6, 6.07) is 14.1. The van der Waals surface area contributed by atoms with Crippen molar-refractivity contribution in [2.75, 3.05) is 26.2 Å². The number of β-amino-alcohol motifs (C(OH)–C–C–N with tert-alkyl or cyclic N) is 2.